The molecule has 1 aliphatic heterocycles. The Bertz CT molecular complexity index is 1210. The highest BCUT2D eigenvalue weighted by atomic mass is 16.5. The minimum Gasteiger partial charge on any atom is -0.461 e. The second-order valence-corrected chi connectivity index (χ2v) is 8.21. The first-order chi connectivity index (χ1) is 17.1. The summed E-state index contributed by atoms with van der Waals surface area (Å²) in [4.78, 5) is 25.4. The van der Waals surface area contributed by atoms with Crippen LogP contribution >= 0.6 is 0 Å². The zero-order chi connectivity index (χ0) is 24.3. The van der Waals surface area contributed by atoms with E-state index in [0.717, 1.165) is 16.7 Å². The van der Waals surface area contributed by atoms with Crippen molar-refractivity contribution in [3.8, 4) is 0 Å². The third kappa shape index (κ3) is 3.98. The predicted molar refractivity (Wildman–Crippen MR) is 129 cm³/mol. The van der Waals surface area contributed by atoms with Crippen molar-refractivity contribution in [1.29, 1.82) is 0 Å². The molecule has 3 aromatic carbocycles. The molecule has 1 fully saturated rings. The van der Waals surface area contributed by atoms with E-state index in [2.05, 4.69) is 20.9 Å². The lowest BCUT2D eigenvalue weighted by atomic mass is 9.76. The average molecular weight is 468 g/mol. The Morgan fingerprint density at radius 1 is 0.943 bits per heavy atom. The predicted octanol–water partition coefficient (Wildman–Crippen LogP) is 3.03. The normalized spacial score (nSPS) is 17.3. The number of nitrogens with one attached hydrogen (secondary N) is 2. The van der Waals surface area contributed by atoms with Crippen molar-refractivity contribution in [3.63, 3.8) is 0 Å². The zero-order valence-corrected chi connectivity index (χ0v) is 19.2. The van der Waals surface area contributed by atoms with Crippen molar-refractivity contribution in [2.24, 2.45) is 0 Å². The van der Waals surface area contributed by atoms with Crippen molar-refractivity contribution >= 4 is 11.9 Å². The van der Waals surface area contributed by atoms with Gasteiger partial charge in [-0.05, 0) is 23.6 Å². The average Bonchev–Trinajstić information content (AvgIpc) is 3.39. The van der Waals surface area contributed by atoms with Crippen LogP contribution in [0.15, 0.2) is 97.2 Å². The summed E-state index contributed by atoms with van der Waals surface area (Å²) in [6.45, 7) is 1.96. The first-order valence-electron chi connectivity index (χ1n) is 11.5. The Kier molecular flexibility index (Phi) is 6.12. The van der Waals surface area contributed by atoms with Crippen LogP contribution in [-0.4, -0.2) is 39.5 Å². The lowest BCUT2D eigenvalue weighted by Crippen LogP contribution is -2.69. The molecule has 35 heavy (non-hydrogen) atoms. The van der Waals surface area contributed by atoms with E-state index < -0.39 is 23.7 Å². The van der Waals surface area contributed by atoms with E-state index in [4.69, 9.17) is 4.74 Å². The van der Waals surface area contributed by atoms with Gasteiger partial charge in [-0.15, -0.1) is 5.10 Å². The molecular formula is C27H25N5O3. The zero-order valence-electron chi connectivity index (χ0n) is 19.2. The van der Waals surface area contributed by atoms with Gasteiger partial charge in [0.1, 0.15) is 12.2 Å². The van der Waals surface area contributed by atoms with Gasteiger partial charge in [0.05, 0.1) is 18.3 Å². The molecule has 0 radical (unpaired) electrons. The molecule has 2 heterocycles. The minimum atomic E-state index is -0.852. The van der Waals surface area contributed by atoms with Gasteiger partial charge in [-0.25, -0.2) is 9.48 Å². The smallest absolute Gasteiger partial charge is 0.358 e. The first-order valence-corrected chi connectivity index (χ1v) is 11.5. The van der Waals surface area contributed by atoms with Crippen LogP contribution in [0.2, 0.25) is 0 Å². The van der Waals surface area contributed by atoms with Crippen molar-refractivity contribution in [2.45, 2.75) is 24.7 Å². The van der Waals surface area contributed by atoms with E-state index >= 15 is 0 Å². The lowest BCUT2D eigenvalue weighted by Gasteiger charge is -2.45. The first kappa shape index (κ1) is 22.5. The highest BCUT2D eigenvalue weighted by molar-refractivity contribution is 5.90. The molecule has 4 aromatic rings. The van der Waals surface area contributed by atoms with Crippen LogP contribution in [0.5, 0.6) is 0 Å². The van der Waals surface area contributed by atoms with Gasteiger partial charge in [0, 0.05) is 0 Å². The van der Waals surface area contributed by atoms with Gasteiger partial charge < -0.3 is 10.1 Å². The van der Waals surface area contributed by atoms with Crippen LogP contribution in [0.25, 0.3) is 0 Å². The Balaban J connectivity index is 1.63. The van der Waals surface area contributed by atoms with E-state index in [1.165, 1.54) is 10.9 Å². The Labute approximate surface area is 202 Å². The number of aromatic nitrogens is 3. The molecule has 176 valence electrons. The van der Waals surface area contributed by atoms with Crippen molar-refractivity contribution in [1.82, 2.24) is 25.6 Å². The third-order valence-electron chi connectivity index (χ3n) is 6.20. The number of ether oxygens (including phenoxy) is 1. The second kappa shape index (κ2) is 9.52. The number of β-lactam (4-membered cyclic amide) rings is 1. The number of carbonyl (C=O) groups excluding carboxylic acids is 2. The molecule has 0 aliphatic carbocycles. The maximum atomic E-state index is 13.0. The molecule has 1 aromatic heterocycles. The number of hydrogen-bond donors (Lipinski definition) is 2. The van der Waals surface area contributed by atoms with Crippen LogP contribution in [-0.2, 0) is 15.1 Å². The van der Waals surface area contributed by atoms with Crippen LogP contribution in [0.3, 0.4) is 0 Å². The highest BCUT2D eigenvalue weighted by Gasteiger charge is 2.49. The molecule has 2 atom stereocenters. The number of benzene rings is 3. The molecule has 0 spiro atoms. The summed E-state index contributed by atoms with van der Waals surface area (Å²) in [5, 5.41) is 14.5. The molecule has 8 nitrogen and oxygen atoms in total. The number of hydrogen-bond acceptors (Lipinski definition) is 6. The molecule has 8 heteroatoms. The number of rotatable bonds is 8. The van der Waals surface area contributed by atoms with Gasteiger partial charge in [-0.1, -0.05) is 96.2 Å². The Morgan fingerprint density at radius 3 is 1.91 bits per heavy atom. The molecule has 0 unspecified atom stereocenters. The summed E-state index contributed by atoms with van der Waals surface area (Å²) in [5.41, 5.74) is 2.24. The van der Waals surface area contributed by atoms with Crippen molar-refractivity contribution in [2.75, 3.05) is 6.61 Å². The molecule has 0 saturated carbocycles. The largest absolute Gasteiger partial charge is 0.461 e. The van der Waals surface area contributed by atoms with Gasteiger partial charge in [0.25, 0.3) is 0 Å². The fourth-order valence-corrected chi connectivity index (χ4v) is 4.56. The van der Waals surface area contributed by atoms with Crippen LogP contribution in [0.4, 0.5) is 0 Å². The molecule has 1 aliphatic rings. The monoisotopic (exact) mass is 467 g/mol. The van der Waals surface area contributed by atoms with Gasteiger partial charge in [0.15, 0.2) is 5.69 Å². The lowest BCUT2D eigenvalue weighted by molar-refractivity contribution is -0.135. The van der Waals surface area contributed by atoms with Crippen molar-refractivity contribution < 1.29 is 14.3 Å². The van der Waals surface area contributed by atoms with E-state index in [-0.39, 0.29) is 18.2 Å². The maximum Gasteiger partial charge on any atom is 0.358 e. The van der Waals surface area contributed by atoms with Crippen molar-refractivity contribution in [3.05, 3.63) is 120 Å². The third-order valence-corrected chi connectivity index (χ3v) is 6.20. The number of nitrogens with zero attached hydrogens (tertiary/aromatic N) is 3. The van der Waals surface area contributed by atoms with Crippen LogP contribution in [0.1, 0.15) is 40.3 Å². The second-order valence-electron chi connectivity index (χ2n) is 8.21. The van der Waals surface area contributed by atoms with E-state index in [9.17, 15) is 9.59 Å². The Morgan fingerprint density at radius 2 is 1.46 bits per heavy atom. The van der Waals surface area contributed by atoms with Crippen LogP contribution < -0.4 is 10.6 Å². The molecular weight excluding hydrogens is 442 g/mol. The molecule has 5 rings (SSSR count). The number of esters is 1. The van der Waals surface area contributed by atoms with E-state index in [1.807, 2.05) is 91.0 Å². The van der Waals surface area contributed by atoms with Gasteiger partial charge in [-0.3, -0.25) is 10.1 Å². The molecule has 0 bridgehead atoms. The topological polar surface area (TPSA) is 98.1 Å². The van der Waals surface area contributed by atoms with Crippen LogP contribution in [0, 0.1) is 0 Å². The molecule has 2 N–H and O–H groups in total. The highest BCUT2D eigenvalue weighted by Crippen LogP contribution is 2.39. The fraction of sp³-hybridized carbons (Fsp3) is 0.185. The van der Waals surface area contributed by atoms with Gasteiger partial charge in [-0.2, -0.15) is 0 Å². The van der Waals surface area contributed by atoms with Gasteiger partial charge in [0.2, 0.25) is 5.91 Å². The molecule has 1 amide bonds. The SMILES string of the molecule is CCOC(=O)c1cnnn1[C@@H]1NC(=O)[C@H]1NC(c1ccccc1)(c1ccccc1)c1ccccc1. The summed E-state index contributed by atoms with van der Waals surface area (Å²) in [6, 6.07) is 29.3. The summed E-state index contributed by atoms with van der Waals surface area (Å²) in [6.07, 6.45) is 0.721. The summed E-state index contributed by atoms with van der Waals surface area (Å²) >= 11 is 0. The quantitative estimate of drug-likeness (QED) is 0.235. The maximum absolute atomic E-state index is 13.0. The van der Waals surface area contributed by atoms with E-state index in [1.54, 1.807) is 6.92 Å². The molecule has 1 saturated heterocycles. The fourth-order valence-electron chi connectivity index (χ4n) is 4.56. The number of amides is 1. The number of carbonyl (C=O) groups is 2. The van der Waals surface area contributed by atoms with E-state index in [0.29, 0.717) is 0 Å². The standard InChI is InChI=1S/C27H25N5O3/c1-2-35-26(34)22-18-28-31-32(22)24-23(25(33)29-24)30-27(19-12-6-3-7-13-19,20-14-8-4-9-15-20)21-16-10-5-11-17-21/h3-18,23-24,30H,2H2,1H3,(H,29,33)/t23-,24-/m0/s1. The summed E-state index contributed by atoms with van der Waals surface area (Å²) in [7, 11) is 0. The summed E-state index contributed by atoms with van der Waals surface area (Å²) in [5.74, 6) is -0.745. The summed E-state index contributed by atoms with van der Waals surface area (Å²) < 4.78 is 6.55. The van der Waals surface area contributed by atoms with Gasteiger partial charge >= 0.3 is 5.97 Å². The Hall–Kier alpha value is -4.30. The minimum absolute atomic E-state index is 0.174.